The van der Waals surface area contributed by atoms with Crippen LogP contribution >= 0.6 is 0 Å². The summed E-state index contributed by atoms with van der Waals surface area (Å²) < 4.78 is 5.04. The van der Waals surface area contributed by atoms with Gasteiger partial charge in [0.2, 0.25) is 0 Å². The number of aliphatic carboxylic acids is 1. The second kappa shape index (κ2) is 7.53. The summed E-state index contributed by atoms with van der Waals surface area (Å²) in [7, 11) is 0. The molecule has 2 N–H and O–H groups in total. The lowest BCUT2D eigenvalue weighted by molar-refractivity contribution is -0.693. The van der Waals surface area contributed by atoms with E-state index in [0.717, 1.165) is 5.56 Å². The number of quaternary nitrogens is 1. The van der Waals surface area contributed by atoms with E-state index in [0.29, 0.717) is 6.54 Å². The molecule has 1 aromatic rings. The minimum absolute atomic E-state index is 0.262. The Bertz CT molecular complexity index is 417. The molecule has 0 amide bonds. The number of benzene rings is 1. The molecule has 0 saturated heterocycles. The number of carboxylic acid groups (broad SMARTS) is 1. The van der Waals surface area contributed by atoms with Crippen molar-refractivity contribution in [1.82, 2.24) is 0 Å². The Morgan fingerprint density at radius 1 is 1.26 bits per heavy atom. The Balaban J connectivity index is 2.59. The molecule has 0 unspecified atom stereocenters. The van der Waals surface area contributed by atoms with Crippen LogP contribution in [0.3, 0.4) is 0 Å². The molecule has 0 fully saturated rings. The predicted octanol–water partition coefficient (Wildman–Crippen LogP) is -0.790. The lowest BCUT2D eigenvalue weighted by atomic mass is 10.1. The molecule has 0 spiro atoms. The van der Waals surface area contributed by atoms with Crippen molar-refractivity contribution >= 4 is 11.9 Å². The zero-order valence-electron chi connectivity index (χ0n) is 11.2. The Hall–Kier alpha value is -1.88. The summed E-state index contributed by atoms with van der Waals surface area (Å²) in [6.07, 6.45) is -0.611. The van der Waals surface area contributed by atoms with Crippen molar-refractivity contribution in [2.45, 2.75) is 39.0 Å². The van der Waals surface area contributed by atoms with Gasteiger partial charge >= 0.3 is 5.97 Å². The van der Waals surface area contributed by atoms with Crippen LogP contribution in [-0.2, 0) is 20.9 Å². The van der Waals surface area contributed by atoms with Gasteiger partial charge in [-0.2, -0.15) is 0 Å². The van der Waals surface area contributed by atoms with Crippen LogP contribution in [0.1, 0.15) is 25.8 Å². The highest BCUT2D eigenvalue weighted by atomic mass is 16.5. The fraction of sp³-hybridized carbons (Fsp3) is 0.429. The van der Waals surface area contributed by atoms with Crippen LogP contribution in [0.15, 0.2) is 30.3 Å². The quantitative estimate of drug-likeness (QED) is 0.655. The molecule has 1 aromatic carbocycles. The van der Waals surface area contributed by atoms with Crippen molar-refractivity contribution in [3.63, 3.8) is 0 Å². The van der Waals surface area contributed by atoms with Crippen LogP contribution in [0.5, 0.6) is 0 Å². The molecule has 0 aliphatic carbocycles. The van der Waals surface area contributed by atoms with E-state index in [4.69, 9.17) is 4.74 Å². The Labute approximate surface area is 112 Å². The lowest BCUT2D eigenvalue weighted by Gasteiger charge is -2.17. The average Bonchev–Trinajstić information content (AvgIpc) is 2.34. The molecule has 5 nitrogen and oxygen atoms in total. The van der Waals surface area contributed by atoms with E-state index in [1.807, 2.05) is 30.3 Å². The first-order valence-corrected chi connectivity index (χ1v) is 6.26. The van der Waals surface area contributed by atoms with Gasteiger partial charge < -0.3 is 20.0 Å². The number of carboxylic acids is 1. The van der Waals surface area contributed by atoms with Crippen LogP contribution in [0.4, 0.5) is 0 Å². The van der Waals surface area contributed by atoms with E-state index >= 15 is 0 Å². The third kappa shape index (κ3) is 6.01. The third-order valence-electron chi connectivity index (χ3n) is 2.52. The van der Waals surface area contributed by atoms with E-state index < -0.39 is 18.0 Å². The third-order valence-corrected chi connectivity index (χ3v) is 2.52. The van der Waals surface area contributed by atoms with Gasteiger partial charge in [-0.25, -0.2) is 4.79 Å². The first-order valence-electron chi connectivity index (χ1n) is 6.26. The minimum atomic E-state index is -1.25. The number of esters is 1. The number of nitrogens with two attached hydrogens (primary N) is 1. The standard InChI is InChI=1S/C14H19NO4/c1-10(2)19-14(18)12(8-13(16)17)15-9-11-6-4-3-5-7-11/h3-7,10,12,15H,8-9H2,1-2H3,(H,16,17)/t12-/m0/s1. The summed E-state index contributed by atoms with van der Waals surface area (Å²) in [6, 6.07) is 8.75. The van der Waals surface area contributed by atoms with Crippen molar-refractivity contribution in [2.75, 3.05) is 0 Å². The van der Waals surface area contributed by atoms with E-state index in [-0.39, 0.29) is 12.5 Å². The van der Waals surface area contributed by atoms with E-state index in [1.165, 1.54) is 0 Å². The van der Waals surface area contributed by atoms with Crippen LogP contribution < -0.4 is 10.4 Å². The molecule has 5 heteroatoms. The van der Waals surface area contributed by atoms with Gasteiger partial charge in [0.1, 0.15) is 6.54 Å². The molecule has 1 atom stereocenters. The minimum Gasteiger partial charge on any atom is -0.550 e. The lowest BCUT2D eigenvalue weighted by Crippen LogP contribution is -2.91. The number of hydrogen-bond acceptors (Lipinski definition) is 4. The van der Waals surface area contributed by atoms with Crippen LogP contribution in [0, 0.1) is 0 Å². The van der Waals surface area contributed by atoms with Crippen molar-refractivity contribution in [2.24, 2.45) is 0 Å². The number of carbonyl (C=O) groups is 2. The predicted molar refractivity (Wildman–Crippen MR) is 66.7 cm³/mol. The van der Waals surface area contributed by atoms with Crippen LogP contribution in [-0.4, -0.2) is 24.1 Å². The smallest absolute Gasteiger partial charge is 0.365 e. The SMILES string of the molecule is CC(C)OC(=O)[C@H](CC(=O)[O-])[NH2+]Cc1ccccc1. The van der Waals surface area contributed by atoms with Gasteiger partial charge in [0, 0.05) is 11.5 Å². The summed E-state index contributed by atoms with van der Waals surface area (Å²) in [4.78, 5) is 22.4. The molecule has 19 heavy (non-hydrogen) atoms. The van der Waals surface area contributed by atoms with Gasteiger partial charge in [0.25, 0.3) is 0 Å². The van der Waals surface area contributed by atoms with Gasteiger partial charge in [-0.15, -0.1) is 0 Å². The first kappa shape index (κ1) is 15.2. The maximum Gasteiger partial charge on any atom is 0.365 e. The molecule has 0 aliphatic rings. The molecule has 0 aliphatic heterocycles. The van der Waals surface area contributed by atoms with Crippen molar-refractivity contribution in [3.05, 3.63) is 35.9 Å². The zero-order valence-corrected chi connectivity index (χ0v) is 11.2. The van der Waals surface area contributed by atoms with Crippen molar-refractivity contribution < 1.29 is 24.7 Å². The Morgan fingerprint density at radius 3 is 2.42 bits per heavy atom. The van der Waals surface area contributed by atoms with Gasteiger partial charge in [-0.1, -0.05) is 30.3 Å². The van der Waals surface area contributed by atoms with Gasteiger partial charge in [-0.05, 0) is 13.8 Å². The summed E-state index contributed by atoms with van der Waals surface area (Å²) >= 11 is 0. The zero-order chi connectivity index (χ0) is 14.3. The summed E-state index contributed by atoms with van der Waals surface area (Å²) in [6.45, 7) is 3.97. The largest absolute Gasteiger partial charge is 0.550 e. The van der Waals surface area contributed by atoms with Gasteiger partial charge in [-0.3, -0.25) is 0 Å². The highest BCUT2D eigenvalue weighted by Gasteiger charge is 2.24. The highest BCUT2D eigenvalue weighted by Crippen LogP contribution is 1.98. The topological polar surface area (TPSA) is 83.0 Å². The molecule has 0 aromatic heterocycles. The second-order valence-corrected chi connectivity index (χ2v) is 4.59. The van der Waals surface area contributed by atoms with Crippen molar-refractivity contribution in [3.8, 4) is 0 Å². The summed E-state index contributed by atoms with van der Waals surface area (Å²) in [5.74, 6) is -1.77. The monoisotopic (exact) mass is 265 g/mol. The van der Waals surface area contributed by atoms with Crippen LogP contribution in [0.25, 0.3) is 0 Å². The molecule has 0 heterocycles. The second-order valence-electron chi connectivity index (χ2n) is 4.59. The highest BCUT2D eigenvalue weighted by molar-refractivity contribution is 5.79. The maximum atomic E-state index is 11.8. The summed E-state index contributed by atoms with van der Waals surface area (Å²) in [5, 5.41) is 12.3. The van der Waals surface area contributed by atoms with Crippen molar-refractivity contribution in [1.29, 1.82) is 0 Å². The molecular weight excluding hydrogens is 246 g/mol. The van der Waals surface area contributed by atoms with E-state index in [9.17, 15) is 14.7 Å². The summed E-state index contributed by atoms with van der Waals surface area (Å²) in [5.41, 5.74) is 1.02. The molecule has 0 radical (unpaired) electrons. The molecular formula is C14H19NO4. The van der Waals surface area contributed by atoms with Gasteiger partial charge in [0.15, 0.2) is 6.04 Å². The molecule has 104 valence electrons. The molecule has 0 saturated carbocycles. The normalized spacial score (nSPS) is 12.2. The number of rotatable bonds is 7. The Kier molecular flexibility index (Phi) is 6.02. The van der Waals surface area contributed by atoms with E-state index in [1.54, 1.807) is 19.2 Å². The average molecular weight is 265 g/mol. The maximum absolute atomic E-state index is 11.8. The van der Waals surface area contributed by atoms with Crippen LogP contribution in [0.2, 0.25) is 0 Å². The number of ether oxygens (including phenoxy) is 1. The van der Waals surface area contributed by atoms with Gasteiger partial charge in [0.05, 0.1) is 12.5 Å². The fourth-order valence-corrected chi connectivity index (χ4v) is 1.65. The first-order chi connectivity index (χ1) is 8.99. The number of hydrogen-bond donors (Lipinski definition) is 1. The van der Waals surface area contributed by atoms with E-state index in [2.05, 4.69) is 0 Å². The number of carbonyl (C=O) groups excluding carboxylic acids is 2. The Morgan fingerprint density at radius 2 is 1.89 bits per heavy atom. The molecule has 0 bridgehead atoms. The fourth-order valence-electron chi connectivity index (χ4n) is 1.65. The molecule has 1 rings (SSSR count).